The van der Waals surface area contributed by atoms with Gasteiger partial charge in [-0.15, -0.1) is 0 Å². The van der Waals surface area contributed by atoms with Gasteiger partial charge in [-0.2, -0.15) is 0 Å². The Morgan fingerprint density at radius 1 is 1.35 bits per heavy atom. The molecule has 2 heterocycles. The average Bonchev–Trinajstić information content (AvgIpc) is 3.25. The largest absolute Gasteiger partial charge is 0.488 e. The van der Waals surface area contributed by atoms with Crippen molar-refractivity contribution in [2.45, 2.75) is 18.9 Å². The Kier molecular flexibility index (Phi) is 6.80. The topological polar surface area (TPSA) is 73.3 Å². The number of hydrogen-bond acceptors (Lipinski definition) is 6. The quantitative estimate of drug-likeness (QED) is 0.435. The van der Waals surface area contributed by atoms with Gasteiger partial charge in [-0.25, -0.2) is 14.4 Å². The first kappa shape index (κ1) is 21.7. The molecule has 1 aliphatic rings. The number of nitrogens with one attached hydrogen (secondary N) is 1. The highest BCUT2D eigenvalue weighted by Crippen LogP contribution is 2.32. The monoisotopic (exact) mass is 505 g/mol. The van der Waals surface area contributed by atoms with Crippen LogP contribution in [0.2, 0.25) is 5.02 Å². The van der Waals surface area contributed by atoms with Crippen molar-refractivity contribution in [2.24, 2.45) is 0 Å². The maximum atomic E-state index is 13.5. The summed E-state index contributed by atoms with van der Waals surface area (Å²) in [6.45, 7) is 1.16. The molecular formula is C22H18BrClFN3O3. The van der Waals surface area contributed by atoms with Gasteiger partial charge in [0.15, 0.2) is 5.78 Å². The second-order valence-electron chi connectivity index (χ2n) is 6.99. The summed E-state index contributed by atoms with van der Waals surface area (Å²) in [5.41, 5.74) is 1.94. The van der Waals surface area contributed by atoms with Gasteiger partial charge in [0.2, 0.25) is 0 Å². The molecular weight excluding hydrogens is 489 g/mol. The van der Waals surface area contributed by atoms with Crippen LogP contribution in [0.1, 0.15) is 12.0 Å². The van der Waals surface area contributed by atoms with Crippen LogP contribution >= 0.6 is 27.5 Å². The lowest BCUT2D eigenvalue weighted by atomic mass is 10.0. The van der Waals surface area contributed by atoms with E-state index in [2.05, 4.69) is 31.2 Å². The second kappa shape index (κ2) is 9.72. The van der Waals surface area contributed by atoms with Crippen LogP contribution < -0.4 is 10.1 Å². The molecule has 0 radical (unpaired) electrons. The van der Waals surface area contributed by atoms with Crippen LogP contribution in [0, 0.1) is 5.82 Å². The summed E-state index contributed by atoms with van der Waals surface area (Å²) in [5, 5.41) is 3.85. The molecule has 31 heavy (non-hydrogen) atoms. The third kappa shape index (κ3) is 5.20. The zero-order valence-corrected chi connectivity index (χ0v) is 18.6. The van der Waals surface area contributed by atoms with E-state index in [1.807, 2.05) is 6.07 Å². The van der Waals surface area contributed by atoms with Crippen molar-refractivity contribution in [2.75, 3.05) is 18.5 Å². The fourth-order valence-electron chi connectivity index (χ4n) is 3.29. The maximum absolute atomic E-state index is 13.5. The van der Waals surface area contributed by atoms with Gasteiger partial charge in [0, 0.05) is 35.5 Å². The fourth-order valence-corrected chi connectivity index (χ4v) is 3.76. The van der Waals surface area contributed by atoms with Crippen LogP contribution in [0.5, 0.6) is 5.75 Å². The molecule has 0 spiro atoms. The molecule has 4 rings (SSSR count). The summed E-state index contributed by atoms with van der Waals surface area (Å²) in [4.78, 5) is 22.5. The number of fused-ring (bicyclic) bond motifs is 1. The zero-order valence-electron chi connectivity index (χ0n) is 16.3. The van der Waals surface area contributed by atoms with E-state index >= 15 is 0 Å². The molecule has 3 aromatic rings. The molecule has 0 unspecified atom stereocenters. The summed E-state index contributed by atoms with van der Waals surface area (Å²) in [7, 11) is 0. The third-order valence-corrected chi connectivity index (χ3v) is 5.35. The molecule has 160 valence electrons. The molecule has 0 saturated carbocycles. The lowest BCUT2D eigenvalue weighted by molar-refractivity contribution is -0.114. The first-order valence-electron chi connectivity index (χ1n) is 9.57. The van der Waals surface area contributed by atoms with Crippen molar-refractivity contribution in [3.05, 3.63) is 64.1 Å². The van der Waals surface area contributed by atoms with Gasteiger partial charge in [0.05, 0.1) is 23.8 Å². The number of carbonyl (C=O) groups excluding carboxylic acids is 1. The maximum Gasteiger partial charge on any atom is 0.160 e. The minimum atomic E-state index is -0.502. The predicted octanol–water partition coefficient (Wildman–Crippen LogP) is 5.35. The summed E-state index contributed by atoms with van der Waals surface area (Å²) >= 11 is 9.03. The molecule has 1 aromatic heterocycles. The third-order valence-electron chi connectivity index (χ3n) is 4.80. The molecule has 6 nitrogen and oxygen atoms in total. The smallest absolute Gasteiger partial charge is 0.160 e. The van der Waals surface area contributed by atoms with Gasteiger partial charge >= 0.3 is 0 Å². The van der Waals surface area contributed by atoms with E-state index < -0.39 is 5.82 Å². The standard InChI is InChI=1S/C22H18BrClFN3O3/c23-5-3-15(29)7-13-8-17-20(10-21(13)31-16-4-6-30-11-16)26-12-27-22(17)28-14-1-2-19(25)18(24)9-14/h1-3,5,8-10,12,16H,4,6-7,11H2,(H,26,27,28)/b5-3+/t16-/m0/s1. The molecule has 2 aromatic carbocycles. The molecule has 9 heteroatoms. The Hall–Kier alpha value is -2.55. The molecule has 1 atom stereocenters. The number of benzene rings is 2. The number of ether oxygens (including phenoxy) is 2. The first-order valence-corrected chi connectivity index (χ1v) is 10.9. The second-order valence-corrected chi connectivity index (χ2v) is 7.93. The normalized spacial score (nSPS) is 16.2. The van der Waals surface area contributed by atoms with E-state index in [1.165, 1.54) is 29.5 Å². The van der Waals surface area contributed by atoms with Crippen LogP contribution in [0.25, 0.3) is 10.9 Å². The summed E-state index contributed by atoms with van der Waals surface area (Å²) in [6, 6.07) is 7.97. The Labute approximate surface area is 191 Å². The Morgan fingerprint density at radius 2 is 2.23 bits per heavy atom. The predicted molar refractivity (Wildman–Crippen MR) is 121 cm³/mol. The van der Waals surface area contributed by atoms with Crippen molar-refractivity contribution in [3.8, 4) is 5.75 Å². The average molecular weight is 507 g/mol. The number of carbonyl (C=O) groups is 1. The van der Waals surface area contributed by atoms with Crippen LogP contribution in [-0.2, 0) is 16.0 Å². The van der Waals surface area contributed by atoms with E-state index in [4.69, 9.17) is 21.1 Å². The van der Waals surface area contributed by atoms with Gasteiger partial charge in [-0.05, 0) is 35.3 Å². The van der Waals surface area contributed by atoms with Crippen molar-refractivity contribution in [1.29, 1.82) is 0 Å². The number of anilines is 2. The van der Waals surface area contributed by atoms with E-state index in [0.717, 1.165) is 6.42 Å². The highest BCUT2D eigenvalue weighted by Gasteiger charge is 2.20. The first-order chi connectivity index (χ1) is 15.0. The van der Waals surface area contributed by atoms with E-state index in [-0.39, 0.29) is 23.3 Å². The van der Waals surface area contributed by atoms with E-state index in [1.54, 1.807) is 12.1 Å². The number of nitrogens with zero attached hydrogens (tertiary/aromatic N) is 2. The Balaban J connectivity index is 1.74. The molecule has 1 saturated heterocycles. The van der Waals surface area contributed by atoms with Gasteiger partial charge in [0.1, 0.15) is 29.8 Å². The van der Waals surface area contributed by atoms with Crippen molar-refractivity contribution >= 4 is 55.7 Å². The summed E-state index contributed by atoms with van der Waals surface area (Å²) in [6.07, 6.45) is 3.75. The molecule has 0 amide bonds. The number of aromatic nitrogens is 2. The summed E-state index contributed by atoms with van der Waals surface area (Å²) < 4.78 is 25.0. The lowest BCUT2D eigenvalue weighted by Gasteiger charge is -2.17. The Bertz CT molecular complexity index is 1150. The van der Waals surface area contributed by atoms with Gasteiger partial charge in [-0.3, -0.25) is 4.79 Å². The number of rotatable bonds is 7. The van der Waals surface area contributed by atoms with Crippen LogP contribution in [-0.4, -0.2) is 35.1 Å². The zero-order chi connectivity index (χ0) is 21.8. The number of ketones is 1. The molecule has 0 aliphatic carbocycles. The van der Waals surface area contributed by atoms with Crippen molar-refractivity contribution < 1.29 is 18.7 Å². The Morgan fingerprint density at radius 3 is 2.97 bits per heavy atom. The van der Waals surface area contributed by atoms with E-state index in [9.17, 15) is 9.18 Å². The van der Waals surface area contributed by atoms with Gasteiger partial charge in [0.25, 0.3) is 0 Å². The summed E-state index contributed by atoms with van der Waals surface area (Å²) in [5.74, 6) is 0.514. The molecule has 1 fully saturated rings. The number of hydrogen-bond donors (Lipinski definition) is 1. The molecule has 1 aliphatic heterocycles. The van der Waals surface area contributed by atoms with Crippen LogP contribution in [0.4, 0.5) is 15.9 Å². The minimum absolute atomic E-state index is 0.00526. The number of halogens is 3. The minimum Gasteiger partial charge on any atom is -0.488 e. The SMILES string of the molecule is O=C(/C=C/Br)Cc1cc2c(Nc3ccc(F)c(Cl)c3)ncnc2cc1O[C@H]1CCOC1. The van der Waals surface area contributed by atoms with Crippen LogP contribution in [0.15, 0.2) is 47.7 Å². The fraction of sp³-hybridized carbons (Fsp3) is 0.227. The highest BCUT2D eigenvalue weighted by atomic mass is 79.9. The van der Waals surface area contributed by atoms with Gasteiger partial charge in [-0.1, -0.05) is 27.5 Å². The van der Waals surface area contributed by atoms with E-state index in [0.29, 0.717) is 46.9 Å². The van der Waals surface area contributed by atoms with Crippen LogP contribution in [0.3, 0.4) is 0 Å². The van der Waals surface area contributed by atoms with Crippen molar-refractivity contribution in [3.63, 3.8) is 0 Å². The molecule has 0 bridgehead atoms. The van der Waals surface area contributed by atoms with Gasteiger partial charge < -0.3 is 14.8 Å². The lowest BCUT2D eigenvalue weighted by Crippen LogP contribution is -2.17. The number of allylic oxidation sites excluding steroid dienone is 1. The highest BCUT2D eigenvalue weighted by molar-refractivity contribution is 9.11. The van der Waals surface area contributed by atoms with Crippen molar-refractivity contribution in [1.82, 2.24) is 9.97 Å². The molecule has 1 N–H and O–H groups in total.